The molecule has 2 saturated heterocycles. The van der Waals surface area contributed by atoms with Crippen molar-refractivity contribution < 1.29 is 14.3 Å². The largest absolute Gasteiger partial charge is 0.375 e. The van der Waals surface area contributed by atoms with Crippen LogP contribution in [-0.4, -0.2) is 50.8 Å². The molecule has 0 bridgehead atoms. The van der Waals surface area contributed by atoms with Gasteiger partial charge in [-0.2, -0.15) is 0 Å². The Balaban J connectivity index is 1.54. The zero-order chi connectivity index (χ0) is 15.4. The molecule has 3 N–H and O–H groups in total. The van der Waals surface area contributed by atoms with Gasteiger partial charge in [0.05, 0.1) is 19.1 Å². The number of hydrogen-bond acceptors (Lipinski definition) is 4. The smallest absolute Gasteiger partial charge is 0.321 e. The summed E-state index contributed by atoms with van der Waals surface area (Å²) in [7, 11) is 0. The van der Waals surface area contributed by atoms with Crippen LogP contribution in [0.5, 0.6) is 0 Å². The lowest BCUT2D eigenvalue weighted by Gasteiger charge is -2.23. The normalized spacial score (nSPS) is 21.5. The number of hydrogen-bond donors (Lipinski definition) is 3. The molecule has 0 saturated carbocycles. The molecule has 0 radical (unpaired) electrons. The number of carbonyl (C=O) groups is 2. The summed E-state index contributed by atoms with van der Waals surface area (Å²) in [5.74, 6) is -0.0691. The third kappa shape index (κ3) is 3.55. The lowest BCUT2D eigenvalue weighted by molar-refractivity contribution is -0.119. The van der Waals surface area contributed by atoms with Crippen molar-refractivity contribution >= 4 is 23.3 Å². The van der Waals surface area contributed by atoms with Crippen LogP contribution in [0.2, 0.25) is 0 Å². The Labute approximate surface area is 129 Å². The van der Waals surface area contributed by atoms with Gasteiger partial charge in [-0.1, -0.05) is 0 Å². The van der Waals surface area contributed by atoms with Crippen LogP contribution in [0.3, 0.4) is 0 Å². The van der Waals surface area contributed by atoms with Crippen LogP contribution in [-0.2, 0) is 9.53 Å². The molecule has 7 heteroatoms. The summed E-state index contributed by atoms with van der Waals surface area (Å²) in [6, 6.07) is 7.19. The molecule has 118 valence electrons. The molecule has 2 fully saturated rings. The molecular formula is C15H20N4O3. The minimum Gasteiger partial charge on any atom is -0.375 e. The summed E-state index contributed by atoms with van der Waals surface area (Å²) < 4.78 is 5.51. The van der Waals surface area contributed by atoms with Gasteiger partial charge in [0.2, 0.25) is 5.91 Å². The maximum atomic E-state index is 12.0. The number of benzene rings is 1. The summed E-state index contributed by atoms with van der Waals surface area (Å²) in [6.07, 6.45) is 0.268. The third-order valence-corrected chi connectivity index (χ3v) is 3.74. The van der Waals surface area contributed by atoms with Crippen LogP contribution >= 0.6 is 0 Å². The number of rotatable bonds is 4. The molecule has 2 aliphatic heterocycles. The van der Waals surface area contributed by atoms with Crippen LogP contribution < -0.4 is 20.9 Å². The first-order chi connectivity index (χ1) is 10.7. The number of amides is 3. The molecule has 1 aromatic carbocycles. The van der Waals surface area contributed by atoms with Gasteiger partial charge >= 0.3 is 6.03 Å². The molecule has 1 atom stereocenters. The molecule has 1 unspecified atom stereocenters. The summed E-state index contributed by atoms with van der Waals surface area (Å²) in [5, 5.41) is 8.81. The van der Waals surface area contributed by atoms with Crippen molar-refractivity contribution in [1.29, 1.82) is 0 Å². The van der Waals surface area contributed by atoms with Gasteiger partial charge in [-0.05, 0) is 24.3 Å². The average molecular weight is 304 g/mol. The van der Waals surface area contributed by atoms with Gasteiger partial charge in [-0.3, -0.25) is 9.69 Å². The summed E-state index contributed by atoms with van der Waals surface area (Å²) >= 11 is 0. The van der Waals surface area contributed by atoms with E-state index in [2.05, 4.69) is 16.0 Å². The van der Waals surface area contributed by atoms with Gasteiger partial charge in [-0.25, -0.2) is 4.79 Å². The maximum absolute atomic E-state index is 12.0. The van der Waals surface area contributed by atoms with E-state index in [0.29, 0.717) is 32.7 Å². The topological polar surface area (TPSA) is 82.7 Å². The Morgan fingerprint density at radius 1 is 1.32 bits per heavy atom. The van der Waals surface area contributed by atoms with E-state index >= 15 is 0 Å². The van der Waals surface area contributed by atoms with Gasteiger partial charge in [0.25, 0.3) is 0 Å². The molecule has 3 amide bonds. The van der Waals surface area contributed by atoms with Gasteiger partial charge in [0.15, 0.2) is 0 Å². The molecule has 7 nitrogen and oxygen atoms in total. The van der Waals surface area contributed by atoms with Gasteiger partial charge < -0.3 is 20.7 Å². The zero-order valence-corrected chi connectivity index (χ0v) is 12.3. The third-order valence-electron chi connectivity index (χ3n) is 3.74. The standard InChI is InChI=1S/C15H20N4O3/c20-14(9-13-10-16-6-8-22-13)18-11-1-3-12(4-2-11)19-7-5-17-15(19)21/h1-4,13,16H,5-10H2,(H,17,21)(H,18,20). The van der Waals surface area contributed by atoms with E-state index in [9.17, 15) is 9.59 Å². The number of nitrogens with zero attached hydrogens (tertiary/aromatic N) is 1. The molecule has 2 heterocycles. The molecule has 0 aliphatic carbocycles. The minimum absolute atomic E-state index is 0.0682. The molecule has 22 heavy (non-hydrogen) atoms. The van der Waals surface area contributed by atoms with Crippen molar-refractivity contribution in [2.45, 2.75) is 12.5 Å². The number of ether oxygens (including phenoxy) is 1. The SMILES string of the molecule is O=C(CC1CNCCO1)Nc1ccc(N2CCNC2=O)cc1. The first-order valence-electron chi connectivity index (χ1n) is 7.50. The highest BCUT2D eigenvalue weighted by molar-refractivity contribution is 5.95. The van der Waals surface area contributed by atoms with E-state index in [1.807, 2.05) is 12.1 Å². The molecule has 3 rings (SSSR count). The maximum Gasteiger partial charge on any atom is 0.321 e. The number of anilines is 2. The van der Waals surface area contributed by atoms with Crippen LogP contribution in [0.15, 0.2) is 24.3 Å². The predicted octanol–water partition coefficient (Wildman–Crippen LogP) is 0.533. The Bertz CT molecular complexity index is 540. The van der Waals surface area contributed by atoms with Gasteiger partial charge in [0, 0.05) is 37.6 Å². The fourth-order valence-corrected chi connectivity index (χ4v) is 2.61. The molecular weight excluding hydrogens is 284 g/mol. The van der Waals surface area contributed by atoms with E-state index < -0.39 is 0 Å². The quantitative estimate of drug-likeness (QED) is 0.758. The lowest BCUT2D eigenvalue weighted by Crippen LogP contribution is -2.40. The van der Waals surface area contributed by atoms with Crippen molar-refractivity contribution in [2.24, 2.45) is 0 Å². The number of morpholine rings is 1. The summed E-state index contributed by atoms with van der Waals surface area (Å²) in [4.78, 5) is 25.2. The van der Waals surface area contributed by atoms with Crippen molar-refractivity contribution in [1.82, 2.24) is 10.6 Å². The second kappa shape index (κ2) is 6.76. The van der Waals surface area contributed by atoms with Crippen molar-refractivity contribution in [2.75, 3.05) is 43.0 Å². The van der Waals surface area contributed by atoms with Gasteiger partial charge in [0.1, 0.15) is 0 Å². The van der Waals surface area contributed by atoms with Crippen LogP contribution in [0.4, 0.5) is 16.2 Å². The number of carbonyl (C=O) groups excluding carboxylic acids is 2. The second-order valence-electron chi connectivity index (χ2n) is 5.38. The predicted molar refractivity (Wildman–Crippen MR) is 83.0 cm³/mol. The minimum atomic E-state index is -0.0845. The lowest BCUT2D eigenvalue weighted by atomic mass is 10.2. The Morgan fingerprint density at radius 2 is 2.14 bits per heavy atom. The van der Waals surface area contributed by atoms with Crippen LogP contribution in [0, 0.1) is 0 Å². The fraction of sp³-hybridized carbons (Fsp3) is 0.467. The van der Waals surface area contributed by atoms with Gasteiger partial charge in [-0.15, -0.1) is 0 Å². The highest BCUT2D eigenvalue weighted by Gasteiger charge is 2.21. The first kappa shape index (κ1) is 14.8. The van der Waals surface area contributed by atoms with Crippen molar-refractivity contribution in [3.8, 4) is 0 Å². The van der Waals surface area contributed by atoms with E-state index in [1.54, 1.807) is 17.0 Å². The van der Waals surface area contributed by atoms with Crippen molar-refractivity contribution in [3.63, 3.8) is 0 Å². The van der Waals surface area contributed by atoms with Crippen LogP contribution in [0.1, 0.15) is 6.42 Å². The molecule has 1 aromatic rings. The monoisotopic (exact) mass is 304 g/mol. The molecule has 2 aliphatic rings. The van der Waals surface area contributed by atoms with E-state index in [1.165, 1.54) is 0 Å². The Hall–Kier alpha value is -2.12. The average Bonchev–Trinajstić information content (AvgIpc) is 2.95. The van der Waals surface area contributed by atoms with E-state index in [0.717, 1.165) is 17.9 Å². The zero-order valence-electron chi connectivity index (χ0n) is 12.3. The molecule has 0 aromatic heterocycles. The molecule has 0 spiro atoms. The highest BCUT2D eigenvalue weighted by atomic mass is 16.5. The van der Waals surface area contributed by atoms with Crippen LogP contribution in [0.25, 0.3) is 0 Å². The fourth-order valence-electron chi connectivity index (χ4n) is 2.61. The number of nitrogens with one attached hydrogen (secondary N) is 3. The van der Waals surface area contributed by atoms with E-state index in [4.69, 9.17) is 4.74 Å². The summed E-state index contributed by atoms with van der Waals surface area (Å²) in [6.45, 7) is 3.51. The highest BCUT2D eigenvalue weighted by Crippen LogP contribution is 2.19. The first-order valence-corrected chi connectivity index (χ1v) is 7.50. The summed E-state index contributed by atoms with van der Waals surface area (Å²) in [5.41, 5.74) is 1.55. The Morgan fingerprint density at radius 3 is 2.77 bits per heavy atom. The van der Waals surface area contributed by atoms with E-state index in [-0.39, 0.29) is 18.0 Å². The van der Waals surface area contributed by atoms with Crippen molar-refractivity contribution in [3.05, 3.63) is 24.3 Å². The Kier molecular flexibility index (Phi) is 4.55. The second-order valence-corrected chi connectivity index (χ2v) is 5.38. The number of urea groups is 1.